The van der Waals surface area contributed by atoms with E-state index in [-0.39, 0.29) is 0 Å². The predicted octanol–water partition coefficient (Wildman–Crippen LogP) is 6.72. The molecule has 0 spiro atoms. The Morgan fingerprint density at radius 1 is 0.882 bits per heavy atom. The zero-order valence-electron chi connectivity index (χ0n) is 12.5. The van der Waals surface area contributed by atoms with Crippen LogP contribution >= 0.6 is 15.9 Å². The average molecular weight is 305 g/mol. The number of hydrogen-bond acceptors (Lipinski definition) is 0. The number of rotatable bonds is 11. The van der Waals surface area contributed by atoms with E-state index in [4.69, 9.17) is 0 Å². The monoisotopic (exact) mass is 304 g/mol. The number of halogens is 1. The molecule has 0 radical (unpaired) electrons. The second-order valence-corrected chi connectivity index (χ2v) is 7.61. The highest BCUT2D eigenvalue weighted by Gasteiger charge is 2.24. The average Bonchev–Trinajstić information content (AvgIpc) is 2.32. The third-order valence-corrected chi connectivity index (χ3v) is 5.55. The smallest absolute Gasteiger partial charge is 0.0252 e. The predicted molar refractivity (Wildman–Crippen MR) is 84.0 cm³/mol. The highest BCUT2D eigenvalue weighted by atomic mass is 79.9. The summed E-state index contributed by atoms with van der Waals surface area (Å²) in [5, 5.41) is 0. The van der Waals surface area contributed by atoms with E-state index in [1.807, 2.05) is 0 Å². The molecule has 2 atom stereocenters. The summed E-state index contributed by atoms with van der Waals surface area (Å²) in [6.45, 7) is 9.29. The standard InChI is InChI=1S/C16H33Br/c1-5-7-8-9-10-11-12-13-14-15(3)16(4,17)6-2/h15H,5-14H2,1-4H3. The summed E-state index contributed by atoms with van der Waals surface area (Å²) < 4.78 is 0.355. The van der Waals surface area contributed by atoms with E-state index in [1.165, 1.54) is 64.2 Å². The van der Waals surface area contributed by atoms with Gasteiger partial charge in [-0.25, -0.2) is 0 Å². The molecule has 0 fully saturated rings. The molecular formula is C16H33Br. The molecule has 0 aliphatic rings. The normalized spacial score (nSPS) is 16.8. The molecule has 0 heterocycles. The van der Waals surface area contributed by atoms with Crippen molar-refractivity contribution >= 4 is 15.9 Å². The second kappa shape index (κ2) is 10.4. The summed E-state index contributed by atoms with van der Waals surface area (Å²) in [7, 11) is 0. The third kappa shape index (κ3) is 9.11. The fraction of sp³-hybridized carbons (Fsp3) is 1.00. The quantitative estimate of drug-likeness (QED) is 0.294. The maximum atomic E-state index is 3.86. The number of alkyl halides is 1. The van der Waals surface area contributed by atoms with Crippen LogP contribution in [0.15, 0.2) is 0 Å². The van der Waals surface area contributed by atoms with Gasteiger partial charge in [-0.1, -0.05) is 88.1 Å². The van der Waals surface area contributed by atoms with Crippen molar-refractivity contribution < 1.29 is 0 Å². The molecule has 0 aromatic heterocycles. The molecule has 0 aromatic rings. The Bertz CT molecular complexity index is 163. The SMILES string of the molecule is CCCCCCCCCCC(C)C(C)(Br)CC. The molecule has 0 aliphatic carbocycles. The minimum atomic E-state index is 0.355. The minimum Gasteiger partial charge on any atom is -0.0854 e. The van der Waals surface area contributed by atoms with Gasteiger partial charge in [-0.2, -0.15) is 0 Å². The molecule has 17 heavy (non-hydrogen) atoms. The van der Waals surface area contributed by atoms with Gasteiger partial charge in [0, 0.05) is 4.32 Å². The van der Waals surface area contributed by atoms with Crippen molar-refractivity contribution in [3.63, 3.8) is 0 Å². The van der Waals surface area contributed by atoms with Gasteiger partial charge in [0.15, 0.2) is 0 Å². The molecule has 0 N–H and O–H groups in total. The fourth-order valence-electron chi connectivity index (χ4n) is 2.23. The molecule has 0 rings (SSSR count). The molecule has 0 saturated heterocycles. The van der Waals surface area contributed by atoms with Gasteiger partial charge < -0.3 is 0 Å². The van der Waals surface area contributed by atoms with Crippen molar-refractivity contribution in [1.29, 1.82) is 0 Å². The first-order valence-corrected chi connectivity index (χ1v) is 8.52. The lowest BCUT2D eigenvalue weighted by Gasteiger charge is -2.28. The molecule has 0 aliphatic heterocycles. The molecule has 1 heteroatoms. The van der Waals surface area contributed by atoms with Crippen LogP contribution in [0.5, 0.6) is 0 Å². The van der Waals surface area contributed by atoms with E-state index < -0.39 is 0 Å². The summed E-state index contributed by atoms with van der Waals surface area (Å²) in [5.41, 5.74) is 0. The van der Waals surface area contributed by atoms with Crippen LogP contribution in [0, 0.1) is 5.92 Å². The Morgan fingerprint density at radius 3 is 1.82 bits per heavy atom. The van der Waals surface area contributed by atoms with Crippen LogP contribution in [0.2, 0.25) is 0 Å². The molecule has 0 saturated carbocycles. The summed E-state index contributed by atoms with van der Waals surface area (Å²) in [6, 6.07) is 0. The topological polar surface area (TPSA) is 0 Å². The maximum Gasteiger partial charge on any atom is 0.0252 e. The lowest BCUT2D eigenvalue weighted by atomic mass is 9.88. The first kappa shape index (κ1) is 17.5. The van der Waals surface area contributed by atoms with Crippen molar-refractivity contribution in [3.8, 4) is 0 Å². The van der Waals surface area contributed by atoms with Crippen LogP contribution in [0.25, 0.3) is 0 Å². The van der Waals surface area contributed by atoms with E-state index in [9.17, 15) is 0 Å². The summed E-state index contributed by atoms with van der Waals surface area (Å²) in [4.78, 5) is 0. The van der Waals surface area contributed by atoms with Gasteiger partial charge in [-0.3, -0.25) is 0 Å². The van der Waals surface area contributed by atoms with Gasteiger partial charge in [-0.15, -0.1) is 0 Å². The van der Waals surface area contributed by atoms with Crippen LogP contribution in [0.1, 0.15) is 91.9 Å². The number of unbranched alkanes of at least 4 members (excludes halogenated alkanes) is 7. The molecule has 0 aromatic carbocycles. The Hall–Kier alpha value is 0.480. The molecule has 0 nitrogen and oxygen atoms in total. The zero-order valence-corrected chi connectivity index (χ0v) is 14.1. The van der Waals surface area contributed by atoms with E-state index in [2.05, 4.69) is 43.6 Å². The second-order valence-electron chi connectivity index (χ2n) is 5.80. The lowest BCUT2D eigenvalue weighted by Crippen LogP contribution is -2.24. The van der Waals surface area contributed by atoms with E-state index >= 15 is 0 Å². The zero-order chi connectivity index (χ0) is 13.1. The van der Waals surface area contributed by atoms with Gasteiger partial charge in [0.2, 0.25) is 0 Å². The first-order valence-electron chi connectivity index (χ1n) is 7.73. The Labute approximate surface area is 118 Å². The minimum absolute atomic E-state index is 0.355. The summed E-state index contributed by atoms with van der Waals surface area (Å²) >= 11 is 3.86. The molecule has 0 amide bonds. The van der Waals surface area contributed by atoms with E-state index in [0.717, 1.165) is 5.92 Å². The largest absolute Gasteiger partial charge is 0.0854 e. The van der Waals surface area contributed by atoms with Gasteiger partial charge in [0.05, 0.1) is 0 Å². The summed E-state index contributed by atoms with van der Waals surface area (Å²) in [5.74, 6) is 0.799. The van der Waals surface area contributed by atoms with Crippen molar-refractivity contribution in [2.45, 2.75) is 96.2 Å². The van der Waals surface area contributed by atoms with Crippen LogP contribution in [0.4, 0.5) is 0 Å². The van der Waals surface area contributed by atoms with Crippen LogP contribution < -0.4 is 0 Å². The highest BCUT2D eigenvalue weighted by molar-refractivity contribution is 9.10. The van der Waals surface area contributed by atoms with E-state index in [1.54, 1.807) is 0 Å². The van der Waals surface area contributed by atoms with Gasteiger partial charge in [0.25, 0.3) is 0 Å². The Kier molecular flexibility index (Phi) is 10.7. The van der Waals surface area contributed by atoms with Gasteiger partial charge >= 0.3 is 0 Å². The molecular weight excluding hydrogens is 272 g/mol. The Morgan fingerprint density at radius 2 is 1.35 bits per heavy atom. The van der Waals surface area contributed by atoms with Crippen molar-refractivity contribution in [3.05, 3.63) is 0 Å². The van der Waals surface area contributed by atoms with Crippen molar-refractivity contribution in [2.24, 2.45) is 5.92 Å². The number of hydrogen-bond donors (Lipinski definition) is 0. The molecule has 2 unspecified atom stereocenters. The lowest BCUT2D eigenvalue weighted by molar-refractivity contribution is 0.385. The van der Waals surface area contributed by atoms with Gasteiger partial charge in [-0.05, 0) is 25.7 Å². The third-order valence-electron chi connectivity index (χ3n) is 4.21. The molecule has 104 valence electrons. The van der Waals surface area contributed by atoms with Crippen molar-refractivity contribution in [1.82, 2.24) is 0 Å². The van der Waals surface area contributed by atoms with Crippen LogP contribution in [-0.2, 0) is 0 Å². The highest BCUT2D eigenvalue weighted by Crippen LogP contribution is 2.33. The Balaban J connectivity index is 3.34. The van der Waals surface area contributed by atoms with Gasteiger partial charge in [0.1, 0.15) is 0 Å². The van der Waals surface area contributed by atoms with Crippen molar-refractivity contribution in [2.75, 3.05) is 0 Å². The van der Waals surface area contributed by atoms with E-state index in [0.29, 0.717) is 4.32 Å². The maximum absolute atomic E-state index is 3.86. The van der Waals surface area contributed by atoms with Crippen LogP contribution in [-0.4, -0.2) is 4.32 Å². The van der Waals surface area contributed by atoms with Crippen LogP contribution in [0.3, 0.4) is 0 Å². The fourth-order valence-corrected chi connectivity index (χ4v) is 2.46. The molecule has 0 bridgehead atoms. The first-order chi connectivity index (χ1) is 8.04. The summed E-state index contributed by atoms with van der Waals surface area (Å²) in [6.07, 6.45) is 14.0.